The first-order chi connectivity index (χ1) is 10.4. The van der Waals surface area contributed by atoms with Crippen LogP contribution in [0.15, 0.2) is 40.9 Å². The number of rotatable bonds is 1. The summed E-state index contributed by atoms with van der Waals surface area (Å²) in [6, 6.07) is 12.1. The van der Waals surface area contributed by atoms with Crippen LogP contribution in [0.5, 0.6) is 11.5 Å². The van der Waals surface area contributed by atoms with Crippen molar-refractivity contribution in [2.45, 2.75) is 12.3 Å². The number of aromatic hydroxyl groups is 2. The molecule has 3 rings (SSSR count). The van der Waals surface area contributed by atoms with E-state index in [-0.39, 0.29) is 17.4 Å². The van der Waals surface area contributed by atoms with Gasteiger partial charge in [0.15, 0.2) is 11.5 Å². The van der Waals surface area contributed by atoms with Gasteiger partial charge in [-0.3, -0.25) is 0 Å². The summed E-state index contributed by atoms with van der Waals surface area (Å²) in [7, 11) is 4.46. The summed E-state index contributed by atoms with van der Waals surface area (Å²) in [6.07, 6.45) is 0.875. The maximum absolute atomic E-state index is 10.1. The van der Waals surface area contributed by atoms with Crippen LogP contribution in [0.1, 0.15) is 22.6 Å². The first kappa shape index (κ1) is 15.4. The Bertz CT molecular complexity index is 698. The fourth-order valence-corrected chi connectivity index (χ4v) is 3.95. The van der Waals surface area contributed by atoms with E-state index < -0.39 is 0 Å². The van der Waals surface area contributed by atoms with Gasteiger partial charge in [-0.15, -0.1) is 0 Å². The van der Waals surface area contributed by atoms with Crippen LogP contribution in [0.4, 0.5) is 0 Å². The lowest BCUT2D eigenvalue weighted by atomic mass is 9.87. The number of quaternary nitrogens is 1. The van der Waals surface area contributed by atoms with Crippen molar-refractivity contribution in [2.75, 3.05) is 27.2 Å². The number of fused-ring (bicyclic) bond motifs is 1. The zero-order valence-corrected chi connectivity index (χ0v) is 14.5. The Kier molecular flexibility index (Phi) is 3.91. The molecule has 0 saturated carbocycles. The van der Waals surface area contributed by atoms with Crippen LogP contribution < -0.4 is 0 Å². The zero-order valence-electron chi connectivity index (χ0n) is 12.9. The van der Waals surface area contributed by atoms with Gasteiger partial charge >= 0.3 is 0 Å². The van der Waals surface area contributed by atoms with Crippen molar-refractivity contribution in [1.82, 2.24) is 0 Å². The smallest absolute Gasteiger partial charge is 0.172 e. The van der Waals surface area contributed by atoms with E-state index in [1.807, 2.05) is 6.07 Å². The van der Waals surface area contributed by atoms with Crippen LogP contribution in [0.2, 0.25) is 0 Å². The predicted molar refractivity (Wildman–Crippen MR) is 91.3 cm³/mol. The van der Waals surface area contributed by atoms with Gasteiger partial charge in [0, 0.05) is 6.42 Å². The minimum Gasteiger partial charge on any atom is -0.504 e. The van der Waals surface area contributed by atoms with E-state index >= 15 is 0 Å². The fraction of sp³-hybridized carbons (Fsp3) is 0.333. The third-order valence-corrected chi connectivity index (χ3v) is 5.43. The molecule has 22 heavy (non-hydrogen) atoms. The third kappa shape index (κ3) is 2.73. The molecule has 0 aromatic heterocycles. The predicted octanol–water partition coefficient (Wildman–Crippen LogP) is 3.62. The Morgan fingerprint density at radius 1 is 1.14 bits per heavy atom. The highest BCUT2D eigenvalue weighted by Gasteiger charge is 2.32. The molecule has 2 aromatic carbocycles. The molecule has 2 aromatic rings. The number of benzene rings is 2. The molecule has 0 radical (unpaired) electrons. The lowest BCUT2D eigenvalue weighted by Crippen LogP contribution is -2.43. The van der Waals surface area contributed by atoms with Gasteiger partial charge < -0.3 is 14.7 Å². The van der Waals surface area contributed by atoms with Crippen molar-refractivity contribution >= 4 is 15.9 Å². The largest absolute Gasteiger partial charge is 0.504 e. The molecule has 0 bridgehead atoms. The topological polar surface area (TPSA) is 40.5 Å². The zero-order chi connectivity index (χ0) is 15.9. The Hall–Kier alpha value is -1.52. The lowest BCUT2D eigenvalue weighted by molar-refractivity contribution is -0.890. The number of phenolic OH excluding ortho intramolecular Hbond substituents is 2. The molecule has 1 aliphatic heterocycles. The molecule has 1 atom stereocenters. The van der Waals surface area contributed by atoms with Gasteiger partial charge in [0.05, 0.1) is 37.6 Å². The van der Waals surface area contributed by atoms with Gasteiger partial charge in [-0.25, -0.2) is 0 Å². The number of phenols is 2. The monoisotopic (exact) mass is 362 g/mol. The number of likely N-dealkylation sites (N-methyl/N-ethyl adjacent to an activating group) is 1. The average molecular weight is 363 g/mol. The Morgan fingerprint density at radius 3 is 2.50 bits per heavy atom. The van der Waals surface area contributed by atoms with E-state index in [0.717, 1.165) is 35.1 Å². The molecule has 0 fully saturated rings. The lowest BCUT2D eigenvalue weighted by Gasteiger charge is -2.31. The van der Waals surface area contributed by atoms with Gasteiger partial charge in [-0.1, -0.05) is 30.3 Å². The third-order valence-electron chi connectivity index (χ3n) is 4.58. The minimum absolute atomic E-state index is 0.0567. The highest BCUT2D eigenvalue weighted by Crippen LogP contribution is 2.44. The summed E-state index contributed by atoms with van der Waals surface area (Å²) in [5.41, 5.74) is 3.46. The Balaban J connectivity index is 2.21. The molecule has 0 saturated heterocycles. The van der Waals surface area contributed by atoms with Crippen LogP contribution in [-0.2, 0) is 6.42 Å². The quantitative estimate of drug-likeness (QED) is 0.600. The van der Waals surface area contributed by atoms with Crippen LogP contribution in [-0.4, -0.2) is 41.9 Å². The molecule has 0 aliphatic carbocycles. The minimum atomic E-state index is -0.0576. The second-order valence-corrected chi connectivity index (χ2v) is 7.47. The molecule has 0 spiro atoms. The van der Waals surface area contributed by atoms with E-state index in [9.17, 15) is 10.2 Å². The molecular weight excluding hydrogens is 342 g/mol. The van der Waals surface area contributed by atoms with Crippen molar-refractivity contribution in [3.63, 3.8) is 0 Å². The summed E-state index contributed by atoms with van der Waals surface area (Å²) in [5.74, 6) is 0.0908. The maximum Gasteiger partial charge on any atom is 0.172 e. The van der Waals surface area contributed by atoms with Crippen LogP contribution in [0.25, 0.3) is 0 Å². The maximum atomic E-state index is 10.1. The summed E-state index contributed by atoms with van der Waals surface area (Å²) in [6.45, 7) is 1.97. The summed E-state index contributed by atoms with van der Waals surface area (Å²) < 4.78 is 1.53. The normalized spacial score (nSPS) is 20.2. The van der Waals surface area contributed by atoms with Crippen molar-refractivity contribution in [1.29, 1.82) is 0 Å². The number of halogens is 1. The first-order valence-corrected chi connectivity index (χ1v) is 8.28. The second-order valence-electron chi connectivity index (χ2n) is 6.68. The molecule has 0 amide bonds. The van der Waals surface area contributed by atoms with Gasteiger partial charge in [0.25, 0.3) is 0 Å². The standard InChI is InChI=1S/C18H20BrNO2/c1-20(2)9-8-13-14(10-16(21)18(22)17(13)19)15(11-20)12-6-4-3-5-7-12/h3-7,10,15H,8-9,11H2,1-2H3,(H-,21,22)/p+1. The van der Waals surface area contributed by atoms with E-state index in [2.05, 4.69) is 54.3 Å². The Morgan fingerprint density at radius 2 is 1.82 bits per heavy atom. The highest BCUT2D eigenvalue weighted by atomic mass is 79.9. The molecule has 1 unspecified atom stereocenters. The van der Waals surface area contributed by atoms with Crippen LogP contribution >= 0.6 is 15.9 Å². The van der Waals surface area contributed by atoms with E-state index in [0.29, 0.717) is 4.47 Å². The molecule has 2 N–H and O–H groups in total. The van der Waals surface area contributed by atoms with E-state index in [4.69, 9.17) is 0 Å². The van der Waals surface area contributed by atoms with Crippen molar-refractivity contribution in [3.8, 4) is 11.5 Å². The summed E-state index contributed by atoms with van der Waals surface area (Å²) in [5, 5.41) is 20.1. The van der Waals surface area contributed by atoms with Gasteiger partial charge in [-0.05, 0) is 38.7 Å². The van der Waals surface area contributed by atoms with Crippen LogP contribution in [0, 0.1) is 0 Å². The highest BCUT2D eigenvalue weighted by molar-refractivity contribution is 9.10. The number of nitrogens with zero attached hydrogens (tertiary/aromatic N) is 1. The molecule has 116 valence electrons. The molecule has 3 nitrogen and oxygen atoms in total. The van der Waals surface area contributed by atoms with Gasteiger partial charge in [-0.2, -0.15) is 0 Å². The molecule has 1 aliphatic rings. The number of hydrogen-bond acceptors (Lipinski definition) is 2. The van der Waals surface area contributed by atoms with Crippen molar-refractivity contribution in [2.24, 2.45) is 0 Å². The fourth-order valence-electron chi connectivity index (χ4n) is 3.32. The van der Waals surface area contributed by atoms with Gasteiger partial charge in [0.2, 0.25) is 0 Å². The molecule has 4 heteroatoms. The van der Waals surface area contributed by atoms with Crippen molar-refractivity contribution in [3.05, 3.63) is 57.6 Å². The summed E-state index contributed by atoms with van der Waals surface area (Å²) >= 11 is 3.47. The molecular formula is C18H21BrNO2+. The SMILES string of the molecule is C[N+]1(C)CCc2c(cc(O)c(O)c2Br)C(c2ccccc2)C1. The van der Waals surface area contributed by atoms with E-state index in [1.54, 1.807) is 6.07 Å². The van der Waals surface area contributed by atoms with Crippen molar-refractivity contribution < 1.29 is 14.7 Å². The average Bonchev–Trinajstić information content (AvgIpc) is 2.63. The number of hydrogen-bond donors (Lipinski definition) is 2. The molecule has 1 heterocycles. The second kappa shape index (κ2) is 5.60. The van der Waals surface area contributed by atoms with E-state index in [1.165, 1.54) is 5.56 Å². The Labute approximate surface area is 139 Å². The van der Waals surface area contributed by atoms with Crippen LogP contribution in [0.3, 0.4) is 0 Å². The first-order valence-electron chi connectivity index (χ1n) is 7.49. The van der Waals surface area contributed by atoms with Gasteiger partial charge in [0.1, 0.15) is 0 Å². The summed E-state index contributed by atoms with van der Waals surface area (Å²) in [4.78, 5) is 0.